The van der Waals surface area contributed by atoms with Crippen LogP contribution in [0.15, 0.2) is 18.2 Å². The number of nitrogens with zero attached hydrogens (tertiary/aromatic N) is 2. The number of carbonyl (C=O) groups excluding carboxylic acids is 1. The van der Waals surface area contributed by atoms with Crippen molar-refractivity contribution in [1.29, 1.82) is 0 Å². The SMILES string of the molecule is Cc1nn(C(=O)OC(C)(C)C)c2cccc(B3OC(C)(C)C(C)(C)O3)c12. The molecule has 7 heteroatoms. The molecule has 0 saturated carbocycles. The number of hydrogen-bond donors (Lipinski definition) is 0. The molecule has 6 nitrogen and oxygen atoms in total. The molecule has 0 aliphatic carbocycles. The molecule has 0 atom stereocenters. The van der Waals surface area contributed by atoms with Gasteiger partial charge in [0.15, 0.2) is 0 Å². The van der Waals surface area contributed by atoms with Crippen molar-refractivity contribution in [2.45, 2.75) is 72.2 Å². The first-order chi connectivity index (χ1) is 11.8. The average Bonchev–Trinajstić information content (AvgIpc) is 2.92. The number of fused-ring (bicyclic) bond motifs is 1. The molecule has 0 radical (unpaired) electrons. The second-order valence-electron chi connectivity index (χ2n) is 8.81. The van der Waals surface area contributed by atoms with Gasteiger partial charge in [-0.15, -0.1) is 0 Å². The number of ether oxygens (including phenoxy) is 1. The van der Waals surface area contributed by atoms with E-state index < -0.39 is 30.0 Å². The molecule has 1 aromatic heterocycles. The molecular formula is C19H27BN2O4. The van der Waals surface area contributed by atoms with Crippen molar-refractivity contribution in [3.05, 3.63) is 23.9 Å². The molecule has 3 rings (SSSR count). The maximum absolute atomic E-state index is 12.5. The first-order valence-electron chi connectivity index (χ1n) is 8.90. The Morgan fingerprint density at radius 3 is 2.27 bits per heavy atom. The van der Waals surface area contributed by atoms with Gasteiger partial charge in [-0.2, -0.15) is 9.78 Å². The largest absolute Gasteiger partial charge is 0.495 e. The van der Waals surface area contributed by atoms with Crippen LogP contribution in [0.5, 0.6) is 0 Å². The molecule has 1 aliphatic heterocycles. The lowest BCUT2D eigenvalue weighted by Gasteiger charge is -2.32. The summed E-state index contributed by atoms with van der Waals surface area (Å²) in [5.74, 6) is 0. The summed E-state index contributed by atoms with van der Waals surface area (Å²) in [5, 5.41) is 5.27. The first kappa shape index (κ1) is 18.9. The molecule has 1 aromatic carbocycles. The van der Waals surface area contributed by atoms with Gasteiger partial charge in [-0.3, -0.25) is 0 Å². The minimum Gasteiger partial charge on any atom is -0.442 e. The molecule has 1 saturated heterocycles. The van der Waals surface area contributed by atoms with Gasteiger partial charge in [-0.05, 0) is 66.9 Å². The zero-order valence-electron chi connectivity index (χ0n) is 16.8. The summed E-state index contributed by atoms with van der Waals surface area (Å²) < 4.78 is 19.2. The van der Waals surface area contributed by atoms with Crippen LogP contribution < -0.4 is 5.46 Å². The third-order valence-corrected chi connectivity index (χ3v) is 4.99. The van der Waals surface area contributed by atoms with Crippen molar-refractivity contribution in [1.82, 2.24) is 9.78 Å². The molecule has 0 N–H and O–H groups in total. The van der Waals surface area contributed by atoms with Gasteiger partial charge in [0.25, 0.3) is 0 Å². The Morgan fingerprint density at radius 1 is 1.15 bits per heavy atom. The van der Waals surface area contributed by atoms with E-state index in [1.54, 1.807) is 0 Å². The van der Waals surface area contributed by atoms with E-state index in [1.807, 2.05) is 73.6 Å². The fourth-order valence-corrected chi connectivity index (χ4v) is 2.99. The number of benzene rings is 1. The number of carbonyl (C=O) groups is 1. The Hall–Kier alpha value is -1.86. The van der Waals surface area contributed by atoms with E-state index in [9.17, 15) is 4.79 Å². The van der Waals surface area contributed by atoms with E-state index in [0.717, 1.165) is 16.5 Å². The van der Waals surface area contributed by atoms with Crippen molar-refractivity contribution in [2.24, 2.45) is 0 Å². The minimum absolute atomic E-state index is 0.436. The standard InChI is InChI=1S/C19H27BN2O4/c1-12-15-13(20-25-18(5,6)19(7,8)26-20)10-9-11-14(15)22(21-12)16(23)24-17(2,3)4/h9-11H,1-8H3. The third-order valence-electron chi connectivity index (χ3n) is 4.99. The van der Waals surface area contributed by atoms with Gasteiger partial charge in [-0.1, -0.05) is 12.1 Å². The van der Waals surface area contributed by atoms with Crippen molar-refractivity contribution in [2.75, 3.05) is 0 Å². The van der Waals surface area contributed by atoms with Gasteiger partial charge in [0.1, 0.15) is 5.60 Å². The first-order valence-corrected chi connectivity index (χ1v) is 8.90. The number of rotatable bonds is 1. The maximum Gasteiger partial charge on any atom is 0.495 e. The van der Waals surface area contributed by atoms with Crippen LogP contribution in [0.4, 0.5) is 4.79 Å². The zero-order valence-corrected chi connectivity index (χ0v) is 16.8. The highest BCUT2D eigenvalue weighted by atomic mass is 16.7. The zero-order chi connectivity index (χ0) is 19.5. The van der Waals surface area contributed by atoms with Gasteiger partial charge in [-0.25, -0.2) is 4.79 Å². The van der Waals surface area contributed by atoms with Crippen LogP contribution in [0.25, 0.3) is 10.9 Å². The topological polar surface area (TPSA) is 62.6 Å². The Kier molecular flexibility index (Phi) is 4.24. The summed E-state index contributed by atoms with van der Waals surface area (Å²) in [6, 6.07) is 5.69. The van der Waals surface area contributed by atoms with Crippen molar-refractivity contribution >= 4 is 29.6 Å². The molecule has 0 unspecified atom stereocenters. The fourth-order valence-electron chi connectivity index (χ4n) is 2.99. The van der Waals surface area contributed by atoms with Crippen LogP contribution in [-0.2, 0) is 14.0 Å². The molecule has 0 bridgehead atoms. The van der Waals surface area contributed by atoms with Crippen LogP contribution in [0.1, 0.15) is 54.2 Å². The quantitative estimate of drug-likeness (QED) is 0.731. The highest BCUT2D eigenvalue weighted by Crippen LogP contribution is 2.37. The van der Waals surface area contributed by atoms with Crippen molar-refractivity contribution in [3.8, 4) is 0 Å². The van der Waals surface area contributed by atoms with Crippen LogP contribution >= 0.6 is 0 Å². The third kappa shape index (κ3) is 3.14. The molecule has 2 aromatic rings. The van der Waals surface area contributed by atoms with Crippen LogP contribution in [0.2, 0.25) is 0 Å². The van der Waals surface area contributed by atoms with Gasteiger partial charge in [0.05, 0.1) is 22.4 Å². The lowest BCUT2D eigenvalue weighted by atomic mass is 9.76. The Balaban J connectivity index is 2.07. The average molecular weight is 358 g/mol. The second-order valence-corrected chi connectivity index (χ2v) is 8.81. The minimum atomic E-state index is -0.591. The lowest BCUT2D eigenvalue weighted by molar-refractivity contribution is 0.00578. The number of aryl methyl sites for hydroxylation is 1. The van der Waals surface area contributed by atoms with E-state index in [4.69, 9.17) is 14.0 Å². The molecule has 1 fully saturated rings. The predicted molar refractivity (Wildman–Crippen MR) is 102 cm³/mol. The number of hydrogen-bond acceptors (Lipinski definition) is 5. The maximum atomic E-state index is 12.5. The van der Waals surface area contributed by atoms with E-state index in [2.05, 4.69) is 5.10 Å². The van der Waals surface area contributed by atoms with Crippen LogP contribution in [-0.4, -0.2) is 39.8 Å². The molecular weight excluding hydrogens is 331 g/mol. The summed E-state index contributed by atoms with van der Waals surface area (Å²) in [5.41, 5.74) is 0.824. The van der Waals surface area contributed by atoms with Gasteiger partial charge in [0, 0.05) is 5.39 Å². The summed E-state index contributed by atoms with van der Waals surface area (Å²) in [7, 11) is -0.515. The highest BCUT2D eigenvalue weighted by Gasteiger charge is 2.52. The van der Waals surface area contributed by atoms with E-state index >= 15 is 0 Å². The molecule has 1 aliphatic rings. The van der Waals surface area contributed by atoms with Gasteiger partial charge < -0.3 is 14.0 Å². The summed E-state index contributed by atoms with van der Waals surface area (Å²) >= 11 is 0. The van der Waals surface area contributed by atoms with Crippen molar-refractivity contribution < 1.29 is 18.8 Å². The lowest BCUT2D eigenvalue weighted by Crippen LogP contribution is -2.41. The van der Waals surface area contributed by atoms with Gasteiger partial charge >= 0.3 is 13.2 Å². The molecule has 0 amide bonds. The van der Waals surface area contributed by atoms with Crippen LogP contribution in [0, 0.1) is 6.92 Å². The van der Waals surface area contributed by atoms with Crippen molar-refractivity contribution in [3.63, 3.8) is 0 Å². The van der Waals surface area contributed by atoms with E-state index in [1.165, 1.54) is 4.68 Å². The molecule has 140 valence electrons. The fraction of sp³-hybridized carbons (Fsp3) is 0.579. The summed E-state index contributed by atoms with van der Waals surface area (Å²) in [6.45, 7) is 15.4. The Morgan fingerprint density at radius 2 is 1.73 bits per heavy atom. The second kappa shape index (κ2) is 5.82. The summed E-state index contributed by atoms with van der Waals surface area (Å²) in [6.07, 6.45) is -0.498. The molecule has 2 heterocycles. The molecule has 26 heavy (non-hydrogen) atoms. The normalized spacial score (nSPS) is 19.2. The Bertz CT molecular complexity index is 848. The number of aromatic nitrogens is 2. The van der Waals surface area contributed by atoms with Crippen LogP contribution in [0.3, 0.4) is 0 Å². The predicted octanol–water partition coefficient (Wildman–Crippen LogP) is 3.43. The monoisotopic (exact) mass is 358 g/mol. The summed E-state index contributed by atoms with van der Waals surface area (Å²) in [4.78, 5) is 12.5. The highest BCUT2D eigenvalue weighted by molar-refractivity contribution is 6.65. The molecule has 0 spiro atoms. The van der Waals surface area contributed by atoms with E-state index in [0.29, 0.717) is 5.52 Å². The Labute approximate surface area is 154 Å². The smallest absolute Gasteiger partial charge is 0.442 e. The van der Waals surface area contributed by atoms with Gasteiger partial charge in [0.2, 0.25) is 0 Å². The van der Waals surface area contributed by atoms with E-state index in [-0.39, 0.29) is 0 Å².